The van der Waals surface area contributed by atoms with E-state index in [1.165, 1.54) is 0 Å². The standard InChI is InChI=1S/C16H21NO7/c1-2-10(17(20)21)14-12(18)13(19)15-11(23-14)8-22-16(24-15)9-6-4-3-5-7-9/h3-7,10-16,18-19H,2,8H2,1H3/t10-,11-,12-,13-,14+,15-,16?/m1/s1. The molecular weight excluding hydrogens is 318 g/mol. The molecule has 2 heterocycles. The fourth-order valence-corrected chi connectivity index (χ4v) is 3.24. The van der Waals surface area contributed by atoms with Crippen LogP contribution in [0, 0.1) is 10.1 Å². The number of nitrogens with zero attached hydrogens (tertiary/aromatic N) is 1. The van der Waals surface area contributed by atoms with Crippen LogP contribution in [-0.4, -0.2) is 58.3 Å². The maximum atomic E-state index is 11.1. The van der Waals surface area contributed by atoms with E-state index in [1.807, 2.05) is 30.3 Å². The van der Waals surface area contributed by atoms with Crippen LogP contribution in [0.5, 0.6) is 0 Å². The highest BCUT2D eigenvalue weighted by atomic mass is 16.7. The molecule has 7 atom stereocenters. The maximum Gasteiger partial charge on any atom is 0.241 e. The predicted octanol–water partition coefficient (Wildman–Crippen LogP) is 0.645. The number of aliphatic hydroxyl groups excluding tert-OH is 2. The summed E-state index contributed by atoms with van der Waals surface area (Å²) >= 11 is 0. The fraction of sp³-hybridized carbons (Fsp3) is 0.625. The Morgan fingerprint density at radius 1 is 1.25 bits per heavy atom. The number of nitro groups is 1. The van der Waals surface area contributed by atoms with Gasteiger partial charge in [-0.05, 0) is 0 Å². The van der Waals surface area contributed by atoms with Gasteiger partial charge in [-0.1, -0.05) is 37.3 Å². The molecule has 0 aromatic heterocycles. The Bertz CT molecular complexity index is 567. The Kier molecular flexibility index (Phi) is 5.12. The zero-order valence-corrected chi connectivity index (χ0v) is 13.2. The molecule has 2 aliphatic heterocycles. The maximum absolute atomic E-state index is 11.1. The molecule has 1 unspecified atom stereocenters. The molecule has 8 heteroatoms. The van der Waals surface area contributed by atoms with Gasteiger partial charge in [0.1, 0.15) is 24.4 Å². The van der Waals surface area contributed by atoms with Gasteiger partial charge in [-0.15, -0.1) is 0 Å². The third kappa shape index (κ3) is 3.15. The average molecular weight is 339 g/mol. The van der Waals surface area contributed by atoms with Gasteiger partial charge in [0.2, 0.25) is 6.04 Å². The first-order valence-corrected chi connectivity index (χ1v) is 8.00. The third-order valence-electron chi connectivity index (χ3n) is 4.55. The zero-order valence-electron chi connectivity index (χ0n) is 13.2. The summed E-state index contributed by atoms with van der Waals surface area (Å²) in [7, 11) is 0. The van der Waals surface area contributed by atoms with Crippen LogP contribution in [0.15, 0.2) is 30.3 Å². The largest absolute Gasteiger partial charge is 0.387 e. The first-order valence-electron chi connectivity index (χ1n) is 8.00. The van der Waals surface area contributed by atoms with Gasteiger partial charge in [-0.25, -0.2) is 0 Å². The van der Waals surface area contributed by atoms with Crippen LogP contribution in [0.25, 0.3) is 0 Å². The van der Waals surface area contributed by atoms with Crippen molar-refractivity contribution in [1.82, 2.24) is 0 Å². The lowest BCUT2D eigenvalue weighted by Crippen LogP contribution is -2.64. The molecular formula is C16H21NO7. The van der Waals surface area contributed by atoms with Crippen LogP contribution in [0.1, 0.15) is 25.2 Å². The van der Waals surface area contributed by atoms with E-state index in [-0.39, 0.29) is 13.0 Å². The fourth-order valence-electron chi connectivity index (χ4n) is 3.24. The van der Waals surface area contributed by atoms with Crippen molar-refractivity contribution in [2.24, 2.45) is 0 Å². The molecule has 2 saturated heterocycles. The molecule has 0 amide bonds. The van der Waals surface area contributed by atoms with E-state index in [1.54, 1.807) is 6.92 Å². The number of rotatable bonds is 4. The third-order valence-corrected chi connectivity index (χ3v) is 4.55. The lowest BCUT2D eigenvalue weighted by atomic mass is 9.90. The van der Waals surface area contributed by atoms with Crippen molar-refractivity contribution in [2.75, 3.05) is 6.61 Å². The molecule has 0 radical (unpaired) electrons. The van der Waals surface area contributed by atoms with E-state index in [0.29, 0.717) is 0 Å². The smallest absolute Gasteiger partial charge is 0.241 e. The zero-order chi connectivity index (χ0) is 17.3. The van der Waals surface area contributed by atoms with Gasteiger partial charge in [-0.3, -0.25) is 10.1 Å². The Labute approximate surface area is 139 Å². The van der Waals surface area contributed by atoms with Gasteiger partial charge in [-0.2, -0.15) is 0 Å². The minimum atomic E-state index is -1.39. The van der Waals surface area contributed by atoms with Crippen LogP contribution in [0.2, 0.25) is 0 Å². The van der Waals surface area contributed by atoms with Gasteiger partial charge >= 0.3 is 0 Å². The molecule has 8 nitrogen and oxygen atoms in total. The first kappa shape index (κ1) is 17.2. The van der Waals surface area contributed by atoms with Crippen molar-refractivity contribution >= 4 is 0 Å². The Hall–Kier alpha value is -1.58. The second kappa shape index (κ2) is 7.12. The van der Waals surface area contributed by atoms with Crippen LogP contribution in [0.3, 0.4) is 0 Å². The molecule has 0 saturated carbocycles. The van der Waals surface area contributed by atoms with Gasteiger partial charge in [0.05, 0.1) is 6.61 Å². The van der Waals surface area contributed by atoms with E-state index < -0.39 is 47.8 Å². The summed E-state index contributed by atoms with van der Waals surface area (Å²) in [5.74, 6) is 0. The SMILES string of the molecule is CC[C@H]([C@@H]1O[C@@H]2COC(c3ccccc3)O[C@H]2[C@H](O)[C@H]1O)[N+](=O)[O-]. The number of ether oxygens (including phenoxy) is 3. The van der Waals surface area contributed by atoms with E-state index in [2.05, 4.69) is 0 Å². The average Bonchev–Trinajstić information content (AvgIpc) is 2.60. The number of hydrogen-bond acceptors (Lipinski definition) is 7. The molecule has 1 aromatic carbocycles. The lowest BCUT2D eigenvalue weighted by Gasteiger charge is -2.46. The van der Waals surface area contributed by atoms with Crippen molar-refractivity contribution in [3.05, 3.63) is 46.0 Å². The summed E-state index contributed by atoms with van der Waals surface area (Å²) in [4.78, 5) is 10.7. The number of fused-ring (bicyclic) bond motifs is 1. The van der Waals surface area contributed by atoms with Crippen LogP contribution in [0.4, 0.5) is 0 Å². The van der Waals surface area contributed by atoms with Crippen molar-refractivity contribution in [2.45, 2.75) is 56.2 Å². The highest BCUT2D eigenvalue weighted by Crippen LogP contribution is 2.35. The van der Waals surface area contributed by atoms with Crippen molar-refractivity contribution in [3.63, 3.8) is 0 Å². The van der Waals surface area contributed by atoms with Gasteiger partial charge < -0.3 is 24.4 Å². The Balaban J connectivity index is 1.75. The Morgan fingerprint density at radius 3 is 2.58 bits per heavy atom. The summed E-state index contributed by atoms with van der Waals surface area (Å²) in [5, 5.41) is 31.8. The van der Waals surface area contributed by atoms with Crippen LogP contribution >= 0.6 is 0 Å². The molecule has 3 rings (SSSR count). The molecule has 132 valence electrons. The molecule has 0 bridgehead atoms. The van der Waals surface area contributed by atoms with Crippen LogP contribution < -0.4 is 0 Å². The summed E-state index contributed by atoms with van der Waals surface area (Å²) < 4.78 is 17.1. The monoisotopic (exact) mass is 339 g/mol. The predicted molar refractivity (Wildman–Crippen MR) is 81.8 cm³/mol. The van der Waals surface area contributed by atoms with E-state index in [9.17, 15) is 20.3 Å². The van der Waals surface area contributed by atoms with E-state index >= 15 is 0 Å². The summed E-state index contributed by atoms with van der Waals surface area (Å²) in [5.41, 5.74) is 0.788. The van der Waals surface area contributed by atoms with Gasteiger partial charge in [0, 0.05) is 16.9 Å². The van der Waals surface area contributed by atoms with E-state index in [4.69, 9.17) is 14.2 Å². The van der Waals surface area contributed by atoms with Gasteiger partial charge in [0.25, 0.3) is 0 Å². The molecule has 1 aromatic rings. The van der Waals surface area contributed by atoms with Crippen molar-refractivity contribution in [3.8, 4) is 0 Å². The minimum Gasteiger partial charge on any atom is -0.387 e. The highest BCUT2D eigenvalue weighted by Gasteiger charge is 2.53. The number of aliphatic hydroxyl groups is 2. The summed E-state index contributed by atoms with van der Waals surface area (Å²) in [6.45, 7) is 1.76. The minimum absolute atomic E-state index is 0.124. The van der Waals surface area contributed by atoms with E-state index in [0.717, 1.165) is 5.56 Å². The van der Waals surface area contributed by atoms with Crippen LogP contribution in [-0.2, 0) is 14.2 Å². The molecule has 2 fully saturated rings. The number of benzene rings is 1. The second-order valence-corrected chi connectivity index (χ2v) is 6.06. The molecule has 2 N–H and O–H groups in total. The van der Waals surface area contributed by atoms with Gasteiger partial charge in [0.15, 0.2) is 12.4 Å². The van der Waals surface area contributed by atoms with Crippen molar-refractivity contribution < 1.29 is 29.3 Å². The normalized spacial score (nSPS) is 37.5. The first-order chi connectivity index (χ1) is 11.5. The highest BCUT2D eigenvalue weighted by molar-refractivity contribution is 5.16. The quantitative estimate of drug-likeness (QED) is 0.612. The summed E-state index contributed by atoms with van der Waals surface area (Å²) in [6.07, 6.45) is -5.72. The van der Waals surface area contributed by atoms with Crippen molar-refractivity contribution in [1.29, 1.82) is 0 Å². The topological polar surface area (TPSA) is 111 Å². The lowest BCUT2D eigenvalue weighted by molar-refractivity contribution is -0.544. The molecule has 0 spiro atoms. The number of hydrogen-bond donors (Lipinski definition) is 2. The Morgan fingerprint density at radius 2 is 1.96 bits per heavy atom. The molecule has 24 heavy (non-hydrogen) atoms. The molecule has 2 aliphatic rings. The summed E-state index contributed by atoms with van der Waals surface area (Å²) in [6, 6.07) is 8.12. The second-order valence-electron chi connectivity index (χ2n) is 6.06. The molecule has 0 aliphatic carbocycles.